The smallest absolute Gasteiger partial charge is 0.227 e. The maximum atomic E-state index is 12.4. The fraction of sp³-hybridized carbons (Fsp3) is 0.375. The lowest BCUT2D eigenvalue weighted by Gasteiger charge is -2.32. The quantitative estimate of drug-likeness (QED) is 0.846. The Balaban J connectivity index is 1.63. The molecule has 0 spiro atoms. The van der Waals surface area contributed by atoms with Crippen LogP contribution in [0.3, 0.4) is 0 Å². The number of nitrogens with one attached hydrogen (secondary N) is 1. The van der Waals surface area contributed by atoms with E-state index in [1.807, 2.05) is 35.2 Å². The normalized spacial score (nSPS) is 18.7. The number of hydrogen-bond donors (Lipinski definition) is 2. The minimum absolute atomic E-state index is 0.184. The van der Waals surface area contributed by atoms with Crippen molar-refractivity contribution in [2.45, 2.75) is 25.2 Å². The molecule has 3 N–H and O–H groups in total. The Morgan fingerprint density at radius 3 is 2.86 bits per heavy atom. The van der Waals surface area contributed by atoms with Gasteiger partial charge in [-0.2, -0.15) is 5.10 Å². The number of carbonyl (C=O) groups is 1. The fourth-order valence-electron chi connectivity index (χ4n) is 2.87. The van der Waals surface area contributed by atoms with Gasteiger partial charge in [0.25, 0.3) is 0 Å². The molecule has 1 aromatic carbocycles. The zero-order chi connectivity index (χ0) is 14.7. The molecule has 3 rings (SSSR count). The topological polar surface area (TPSA) is 75.0 Å². The van der Waals surface area contributed by atoms with Gasteiger partial charge >= 0.3 is 0 Å². The third kappa shape index (κ3) is 3.24. The maximum Gasteiger partial charge on any atom is 0.227 e. The third-order valence-electron chi connectivity index (χ3n) is 4.07. The number of anilines is 1. The summed E-state index contributed by atoms with van der Waals surface area (Å²) in [6.07, 6.45) is 4.35. The van der Waals surface area contributed by atoms with Crippen molar-refractivity contribution in [2.24, 2.45) is 0 Å². The molecule has 0 bridgehead atoms. The molecule has 0 saturated carbocycles. The number of H-pyrrole nitrogens is 1. The van der Waals surface area contributed by atoms with Crippen LogP contribution in [0.2, 0.25) is 0 Å². The molecule has 1 atom stereocenters. The van der Waals surface area contributed by atoms with E-state index in [4.69, 9.17) is 5.73 Å². The first-order valence-electron chi connectivity index (χ1n) is 7.34. The van der Waals surface area contributed by atoms with Crippen LogP contribution >= 0.6 is 0 Å². The predicted molar refractivity (Wildman–Crippen MR) is 81.7 cm³/mol. The van der Waals surface area contributed by atoms with E-state index in [0.717, 1.165) is 42.9 Å². The van der Waals surface area contributed by atoms with Crippen LogP contribution in [0.25, 0.3) is 0 Å². The van der Waals surface area contributed by atoms with Crippen molar-refractivity contribution in [2.75, 3.05) is 18.8 Å². The number of benzene rings is 1. The van der Waals surface area contributed by atoms with Gasteiger partial charge in [-0.15, -0.1) is 0 Å². The molecule has 5 heteroatoms. The van der Waals surface area contributed by atoms with Gasteiger partial charge in [0.15, 0.2) is 0 Å². The molecule has 5 nitrogen and oxygen atoms in total. The highest BCUT2D eigenvalue weighted by Crippen LogP contribution is 2.25. The number of likely N-dealkylation sites (tertiary alicyclic amines) is 1. The standard InChI is InChI=1S/C16H20N4O/c17-14-5-3-12(4-6-14)10-16(21)20-9-1-2-13(11-20)15-7-8-18-19-15/h3-8,13H,1-2,9-11,17H2,(H,18,19). The molecule has 1 saturated heterocycles. The molecule has 1 aliphatic heterocycles. The second-order valence-corrected chi connectivity index (χ2v) is 5.61. The van der Waals surface area contributed by atoms with Crippen LogP contribution < -0.4 is 5.73 Å². The van der Waals surface area contributed by atoms with Crippen molar-refractivity contribution in [1.29, 1.82) is 0 Å². The summed E-state index contributed by atoms with van der Waals surface area (Å²) < 4.78 is 0. The zero-order valence-electron chi connectivity index (χ0n) is 12.0. The highest BCUT2D eigenvalue weighted by Gasteiger charge is 2.25. The highest BCUT2D eigenvalue weighted by molar-refractivity contribution is 5.79. The zero-order valence-corrected chi connectivity index (χ0v) is 12.0. The SMILES string of the molecule is Nc1ccc(CC(=O)N2CCCC(c3ccn[nH]3)C2)cc1. The Kier molecular flexibility index (Phi) is 3.90. The van der Waals surface area contributed by atoms with Crippen molar-refractivity contribution in [3.63, 3.8) is 0 Å². The van der Waals surface area contributed by atoms with Crippen LogP contribution in [-0.4, -0.2) is 34.1 Å². The van der Waals surface area contributed by atoms with E-state index in [9.17, 15) is 4.79 Å². The lowest BCUT2D eigenvalue weighted by Crippen LogP contribution is -2.40. The van der Waals surface area contributed by atoms with Gasteiger partial charge in [-0.3, -0.25) is 9.89 Å². The number of nitrogens with two attached hydrogens (primary N) is 1. The number of carbonyl (C=O) groups excluding carboxylic acids is 1. The van der Waals surface area contributed by atoms with Crippen molar-refractivity contribution in [1.82, 2.24) is 15.1 Å². The van der Waals surface area contributed by atoms with E-state index in [2.05, 4.69) is 10.2 Å². The molecular weight excluding hydrogens is 264 g/mol. The van der Waals surface area contributed by atoms with Gasteiger partial charge in [0, 0.05) is 36.6 Å². The average Bonchev–Trinajstić information content (AvgIpc) is 3.04. The van der Waals surface area contributed by atoms with E-state index in [1.54, 1.807) is 6.20 Å². The Hall–Kier alpha value is -2.30. The van der Waals surface area contributed by atoms with Crippen LogP contribution in [-0.2, 0) is 11.2 Å². The van der Waals surface area contributed by atoms with Crippen LogP contribution in [0.1, 0.15) is 30.0 Å². The summed E-state index contributed by atoms with van der Waals surface area (Å²) in [6.45, 7) is 1.62. The number of rotatable bonds is 3. The molecule has 1 fully saturated rings. The molecule has 2 aromatic rings. The number of aromatic nitrogens is 2. The number of aromatic amines is 1. The van der Waals surface area contributed by atoms with Crippen LogP contribution in [0.5, 0.6) is 0 Å². The van der Waals surface area contributed by atoms with Gasteiger partial charge in [-0.05, 0) is 36.6 Å². The maximum absolute atomic E-state index is 12.4. The van der Waals surface area contributed by atoms with E-state index >= 15 is 0 Å². The number of nitrogens with zero attached hydrogens (tertiary/aromatic N) is 2. The molecule has 1 unspecified atom stereocenters. The predicted octanol–water partition coefficient (Wildman–Crippen LogP) is 1.94. The van der Waals surface area contributed by atoms with Crippen molar-refractivity contribution >= 4 is 11.6 Å². The Morgan fingerprint density at radius 2 is 2.14 bits per heavy atom. The summed E-state index contributed by atoms with van der Waals surface area (Å²) in [5.41, 5.74) is 8.53. The lowest BCUT2D eigenvalue weighted by atomic mass is 9.94. The summed E-state index contributed by atoms with van der Waals surface area (Å²) in [4.78, 5) is 14.4. The Labute approximate surface area is 124 Å². The molecule has 0 aliphatic carbocycles. The fourth-order valence-corrected chi connectivity index (χ4v) is 2.87. The van der Waals surface area contributed by atoms with E-state index < -0.39 is 0 Å². The average molecular weight is 284 g/mol. The van der Waals surface area contributed by atoms with E-state index in [-0.39, 0.29) is 5.91 Å². The number of nitrogen functional groups attached to an aromatic ring is 1. The second kappa shape index (κ2) is 5.99. The van der Waals surface area contributed by atoms with Crippen LogP contribution in [0.4, 0.5) is 5.69 Å². The number of amides is 1. The first kappa shape index (κ1) is 13.7. The van der Waals surface area contributed by atoms with E-state index in [0.29, 0.717) is 12.3 Å². The summed E-state index contributed by atoms with van der Waals surface area (Å²) in [6, 6.07) is 9.52. The molecular formula is C16H20N4O. The van der Waals surface area contributed by atoms with Gasteiger partial charge in [0.1, 0.15) is 0 Å². The van der Waals surface area contributed by atoms with Gasteiger partial charge < -0.3 is 10.6 Å². The summed E-state index contributed by atoms with van der Waals surface area (Å²) in [5.74, 6) is 0.556. The molecule has 1 amide bonds. The largest absolute Gasteiger partial charge is 0.399 e. The summed E-state index contributed by atoms with van der Waals surface area (Å²) in [5, 5.41) is 7.02. The van der Waals surface area contributed by atoms with Gasteiger partial charge in [-0.25, -0.2) is 0 Å². The highest BCUT2D eigenvalue weighted by atomic mass is 16.2. The first-order valence-corrected chi connectivity index (χ1v) is 7.34. The molecule has 110 valence electrons. The Morgan fingerprint density at radius 1 is 1.33 bits per heavy atom. The monoisotopic (exact) mass is 284 g/mol. The molecule has 21 heavy (non-hydrogen) atoms. The molecule has 1 aromatic heterocycles. The first-order chi connectivity index (χ1) is 10.2. The van der Waals surface area contributed by atoms with Crippen molar-refractivity contribution < 1.29 is 4.79 Å². The molecule has 0 radical (unpaired) electrons. The van der Waals surface area contributed by atoms with Crippen LogP contribution in [0.15, 0.2) is 36.5 Å². The summed E-state index contributed by atoms with van der Waals surface area (Å²) in [7, 11) is 0. The van der Waals surface area contributed by atoms with E-state index in [1.165, 1.54) is 0 Å². The van der Waals surface area contributed by atoms with Crippen molar-refractivity contribution in [3.8, 4) is 0 Å². The number of piperidine rings is 1. The number of hydrogen-bond acceptors (Lipinski definition) is 3. The second-order valence-electron chi connectivity index (χ2n) is 5.61. The Bertz CT molecular complexity index is 591. The van der Waals surface area contributed by atoms with Crippen LogP contribution in [0, 0.1) is 0 Å². The lowest BCUT2D eigenvalue weighted by molar-refractivity contribution is -0.131. The van der Waals surface area contributed by atoms with Crippen molar-refractivity contribution in [3.05, 3.63) is 47.8 Å². The van der Waals surface area contributed by atoms with Gasteiger partial charge in [0.05, 0.1) is 6.42 Å². The minimum atomic E-state index is 0.184. The minimum Gasteiger partial charge on any atom is -0.399 e. The molecule has 2 heterocycles. The van der Waals surface area contributed by atoms with Gasteiger partial charge in [-0.1, -0.05) is 12.1 Å². The third-order valence-corrected chi connectivity index (χ3v) is 4.07. The van der Waals surface area contributed by atoms with Gasteiger partial charge in [0.2, 0.25) is 5.91 Å². The molecule has 1 aliphatic rings. The summed E-state index contributed by atoms with van der Waals surface area (Å²) >= 11 is 0.